The first-order chi connectivity index (χ1) is 10.7. The first-order valence-corrected chi connectivity index (χ1v) is 8.13. The number of rotatable bonds is 3. The first-order valence-electron chi connectivity index (χ1n) is 7.32. The summed E-state index contributed by atoms with van der Waals surface area (Å²) in [6.45, 7) is 8.06. The maximum Gasteiger partial charge on any atom is 0.323 e. The van der Waals surface area contributed by atoms with Crippen molar-refractivity contribution in [1.29, 1.82) is 0 Å². The van der Waals surface area contributed by atoms with Gasteiger partial charge in [0.25, 0.3) is 0 Å². The molecule has 2 rings (SSSR count). The van der Waals surface area contributed by atoms with E-state index in [4.69, 9.17) is 0 Å². The minimum Gasteiger partial charge on any atom is -0.364 e. The van der Waals surface area contributed by atoms with Crippen LogP contribution in [0.1, 0.15) is 42.4 Å². The van der Waals surface area contributed by atoms with E-state index in [0.29, 0.717) is 16.3 Å². The number of carbonyl (C=O) groups excluding carboxylic acids is 1. The van der Waals surface area contributed by atoms with E-state index in [-0.39, 0.29) is 5.41 Å². The summed E-state index contributed by atoms with van der Waals surface area (Å²) in [4.78, 5) is 13.4. The Bertz CT molecular complexity index is 685. The molecule has 4 N–H and O–H groups in total. The second kappa shape index (κ2) is 6.70. The molecule has 0 aliphatic heterocycles. The average Bonchev–Trinajstić information content (AvgIpc) is 2.85. The van der Waals surface area contributed by atoms with Gasteiger partial charge in [-0.1, -0.05) is 38.5 Å². The van der Waals surface area contributed by atoms with E-state index < -0.39 is 12.3 Å². The summed E-state index contributed by atoms with van der Waals surface area (Å²) in [7, 11) is 0. The Kier molecular flexibility index (Phi) is 5.09. The zero-order valence-corrected chi connectivity index (χ0v) is 14.5. The highest BCUT2D eigenvalue weighted by molar-refractivity contribution is 7.12. The highest BCUT2D eigenvalue weighted by Crippen LogP contribution is 2.38. The van der Waals surface area contributed by atoms with Crippen LogP contribution in [0.2, 0.25) is 0 Å². The van der Waals surface area contributed by atoms with Crippen molar-refractivity contribution >= 4 is 28.7 Å². The molecule has 0 atom stereocenters. The molecule has 0 unspecified atom stereocenters. The molecular weight excluding hydrogens is 312 g/mol. The van der Waals surface area contributed by atoms with Crippen molar-refractivity contribution in [2.75, 3.05) is 10.6 Å². The summed E-state index contributed by atoms with van der Waals surface area (Å²) in [6.07, 6.45) is -1.62. The fourth-order valence-corrected chi connectivity index (χ4v) is 3.03. The number of hydrogen-bond acceptors (Lipinski definition) is 4. The number of aliphatic hydroxyl groups excluding tert-OH is 1. The van der Waals surface area contributed by atoms with E-state index in [0.717, 1.165) is 10.4 Å². The van der Waals surface area contributed by atoms with Gasteiger partial charge in [-0.25, -0.2) is 4.79 Å². The highest BCUT2D eigenvalue weighted by atomic mass is 32.1. The normalized spacial score (nSPS) is 11.6. The van der Waals surface area contributed by atoms with Crippen molar-refractivity contribution in [3.8, 4) is 0 Å². The van der Waals surface area contributed by atoms with Crippen LogP contribution in [-0.2, 0) is 5.41 Å². The summed E-state index contributed by atoms with van der Waals surface area (Å²) in [5, 5.41) is 24.4. The molecule has 2 aromatic rings. The van der Waals surface area contributed by atoms with Crippen LogP contribution in [0.15, 0.2) is 30.3 Å². The van der Waals surface area contributed by atoms with Crippen LogP contribution >= 0.6 is 11.3 Å². The van der Waals surface area contributed by atoms with Gasteiger partial charge in [0.1, 0.15) is 0 Å². The Balaban J connectivity index is 2.16. The van der Waals surface area contributed by atoms with E-state index in [1.807, 2.05) is 52.0 Å². The minimum atomic E-state index is -1.62. The van der Waals surface area contributed by atoms with Gasteiger partial charge in [0.15, 0.2) is 6.29 Å². The molecular formula is C17H22N2O3S. The largest absolute Gasteiger partial charge is 0.364 e. The molecule has 124 valence electrons. The Morgan fingerprint density at radius 2 is 1.74 bits per heavy atom. The fourth-order valence-electron chi connectivity index (χ4n) is 1.99. The molecule has 0 spiro atoms. The average molecular weight is 334 g/mol. The molecule has 6 heteroatoms. The van der Waals surface area contributed by atoms with Gasteiger partial charge in [-0.3, -0.25) is 0 Å². The van der Waals surface area contributed by atoms with Crippen LogP contribution in [0.25, 0.3) is 0 Å². The molecule has 0 fully saturated rings. The van der Waals surface area contributed by atoms with Gasteiger partial charge in [-0.05, 0) is 30.5 Å². The summed E-state index contributed by atoms with van der Waals surface area (Å²) in [5.74, 6) is 0. The molecule has 0 bridgehead atoms. The van der Waals surface area contributed by atoms with Crippen molar-refractivity contribution in [2.24, 2.45) is 0 Å². The summed E-state index contributed by atoms with van der Waals surface area (Å²) >= 11 is 1.28. The number of benzene rings is 1. The number of aryl methyl sites for hydroxylation is 1. The molecule has 0 saturated carbocycles. The number of hydrogen-bond donors (Lipinski definition) is 4. The van der Waals surface area contributed by atoms with Crippen molar-refractivity contribution in [3.05, 3.63) is 45.6 Å². The topological polar surface area (TPSA) is 81.6 Å². The molecule has 23 heavy (non-hydrogen) atoms. The second-order valence-electron chi connectivity index (χ2n) is 6.46. The lowest BCUT2D eigenvalue weighted by atomic mass is 9.94. The maximum atomic E-state index is 12.1. The third-order valence-corrected chi connectivity index (χ3v) is 4.89. The standard InChI is InChI=1S/C17H22N2O3S/c1-10-5-7-11(8-6-10)18-16(22)19-12-9-13(17(2,3)4)23-14(12)15(20)21/h5-9,15,20-21H,1-4H3,(H2,18,19,22). The summed E-state index contributed by atoms with van der Waals surface area (Å²) in [5.41, 5.74) is 2.06. The molecule has 0 radical (unpaired) electrons. The van der Waals surface area contributed by atoms with Crippen LogP contribution in [0.4, 0.5) is 16.2 Å². The summed E-state index contributed by atoms with van der Waals surface area (Å²) < 4.78 is 0. The number of urea groups is 1. The van der Waals surface area contributed by atoms with E-state index in [2.05, 4.69) is 10.6 Å². The number of carbonyl (C=O) groups is 1. The van der Waals surface area contributed by atoms with Crippen molar-refractivity contribution in [3.63, 3.8) is 0 Å². The van der Waals surface area contributed by atoms with Gasteiger partial charge in [0.05, 0.1) is 10.6 Å². The fraction of sp³-hybridized carbons (Fsp3) is 0.353. The molecule has 1 aromatic carbocycles. The number of thiophene rings is 1. The van der Waals surface area contributed by atoms with E-state index in [9.17, 15) is 15.0 Å². The lowest BCUT2D eigenvalue weighted by Gasteiger charge is -2.15. The number of nitrogens with one attached hydrogen (secondary N) is 2. The lowest BCUT2D eigenvalue weighted by Crippen LogP contribution is -2.20. The van der Waals surface area contributed by atoms with Crippen LogP contribution in [0.5, 0.6) is 0 Å². The van der Waals surface area contributed by atoms with Gasteiger partial charge in [-0.15, -0.1) is 11.3 Å². The van der Waals surface area contributed by atoms with Crippen molar-refractivity contribution in [1.82, 2.24) is 0 Å². The molecule has 1 heterocycles. The first kappa shape index (κ1) is 17.5. The van der Waals surface area contributed by atoms with Crippen LogP contribution in [-0.4, -0.2) is 16.2 Å². The highest BCUT2D eigenvalue weighted by Gasteiger charge is 2.23. The van der Waals surface area contributed by atoms with Gasteiger partial charge in [0.2, 0.25) is 0 Å². The Labute approximate surface area is 140 Å². The third-order valence-electron chi connectivity index (χ3n) is 3.29. The van der Waals surface area contributed by atoms with Gasteiger partial charge < -0.3 is 20.8 Å². The Hall–Kier alpha value is -1.89. The zero-order valence-electron chi connectivity index (χ0n) is 13.7. The zero-order chi connectivity index (χ0) is 17.2. The van der Waals surface area contributed by atoms with Gasteiger partial charge >= 0.3 is 6.03 Å². The van der Waals surface area contributed by atoms with Crippen LogP contribution < -0.4 is 10.6 Å². The quantitative estimate of drug-likeness (QED) is 0.641. The van der Waals surface area contributed by atoms with Crippen molar-refractivity contribution in [2.45, 2.75) is 39.4 Å². The number of anilines is 2. The van der Waals surface area contributed by atoms with E-state index >= 15 is 0 Å². The lowest BCUT2D eigenvalue weighted by molar-refractivity contribution is -0.0390. The Morgan fingerprint density at radius 1 is 1.13 bits per heavy atom. The molecule has 2 amide bonds. The molecule has 1 aromatic heterocycles. The van der Waals surface area contributed by atoms with Crippen molar-refractivity contribution < 1.29 is 15.0 Å². The maximum absolute atomic E-state index is 12.1. The predicted molar refractivity (Wildman–Crippen MR) is 94.0 cm³/mol. The molecule has 5 nitrogen and oxygen atoms in total. The minimum absolute atomic E-state index is 0.137. The number of aliphatic hydroxyl groups is 2. The smallest absolute Gasteiger partial charge is 0.323 e. The molecule has 0 saturated heterocycles. The third kappa shape index (κ3) is 4.54. The van der Waals surface area contributed by atoms with Crippen LogP contribution in [0.3, 0.4) is 0 Å². The van der Waals surface area contributed by atoms with Gasteiger partial charge in [0, 0.05) is 10.6 Å². The summed E-state index contributed by atoms with van der Waals surface area (Å²) in [6, 6.07) is 8.79. The molecule has 0 aliphatic carbocycles. The monoisotopic (exact) mass is 334 g/mol. The van der Waals surface area contributed by atoms with Crippen LogP contribution in [0, 0.1) is 6.92 Å². The second-order valence-corrected chi connectivity index (χ2v) is 7.54. The predicted octanol–water partition coefficient (Wildman–Crippen LogP) is 3.98. The van der Waals surface area contributed by atoms with E-state index in [1.54, 1.807) is 6.07 Å². The SMILES string of the molecule is Cc1ccc(NC(=O)Nc2cc(C(C)(C)C)sc2C(O)O)cc1. The number of amides is 2. The molecule has 0 aliphatic rings. The van der Waals surface area contributed by atoms with E-state index in [1.165, 1.54) is 11.3 Å². The Morgan fingerprint density at radius 3 is 2.26 bits per heavy atom. The van der Waals surface area contributed by atoms with Gasteiger partial charge in [-0.2, -0.15) is 0 Å².